The van der Waals surface area contributed by atoms with Crippen LogP contribution in [0.4, 0.5) is 0 Å². The smallest absolute Gasteiger partial charge is 0.273 e. The van der Waals surface area contributed by atoms with Crippen LogP contribution in [-0.4, -0.2) is 17.0 Å². The second-order valence-corrected chi connectivity index (χ2v) is 8.69. The van der Waals surface area contributed by atoms with Gasteiger partial charge in [0.1, 0.15) is 10.7 Å². The SMILES string of the molecule is N#CC(C(=O)NCCc1ccccc1)=c1sc(=CC=Cc2ccccc2)c(=O)n1-c1ccccc1. The number of allylic oxidation sites excluding steroid dienone is 1. The molecule has 0 atom stereocenters. The standard InChI is InChI=1S/C29H23N3O2S/c30-21-25(27(33)31-20-19-23-13-6-2-7-14-23)29-32(24-16-8-3-9-17-24)28(34)26(35-29)18-10-15-22-11-4-1-5-12-22/h1-18H,19-20H2,(H,31,33). The Bertz CT molecular complexity index is 1550. The van der Waals surface area contributed by atoms with Crippen molar-refractivity contribution in [2.75, 3.05) is 6.54 Å². The number of rotatable bonds is 7. The van der Waals surface area contributed by atoms with Crippen LogP contribution in [0.5, 0.6) is 0 Å². The van der Waals surface area contributed by atoms with E-state index in [0.717, 1.165) is 22.5 Å². The highest BCUT2D eigenvalue weighted by molar-refractivity contribution is 7.07. The summed E-state index contributed by atoms with van der Waals surface area (Å²) in [4.78, 5) is 26.3. The van der Waals surface area contributed by atoms with Crippen molar-refractivity contribution < 1.29 is 4.79 Å². The second-order valence-electron chi connectivity index (χ2n) is 7.66. The number of thiazole rings is 1. The molecule has 0 aliphatic rings. The predicted molar refractivity (Wildman–Crippen MR) is 141 cm³/mol. The van der Waals surface area contributed by atoms with Crippen LogP contribution in [0.3, 0.4) is 0 Å². The Balaban J connectivity index is 1.73. The molecule has 0 saturated heterocycles. The van der Waals surface area contributed by atoms with Crippen molar-refractivity contribution in [3.63, 3.8) is 0 Å². The number of benzene rings is 3. The Morgan fingerprint density at radius 3 is 2.23 bits per heavy atom. The van der Waals surface area contributed by atoms with Crippen molar-refractivity contribution in [3.05, 3.63) is 128 Å². The first-order valence-corrected chi connectivity index (χ1v) is 12.0. The molecule has 0 aliphatic heterocycles. The third-order valence-electron chi connectivity index (χ3n) is 5.27. The van der Waals surface area contributed by atoms with Gasteiger partial charge in [0.25, 0.3) is 11.5 Å². The van der Waals surface area contributed by atoms with Crippen molar-refractivity contribution in [2.45, 2.75) is 6.42 Å². The average Bonchev–Trinajstić information content (AvgIpc) is 3.22. The first kappa shape index (κ1) is 23.7. The van der Waals surface area contributed by atoms with E-state index in [4.69, 9.17) is 0 Å². The molecule has 0 aliphatic carbocycles. The van der Waals surface area contributed by atoms with E-state index >= 15 is 0 Å². The lowest BCUT2D eigenvalue weighted by Crippen LogP contribution is -2.34. The van der Waals surface area contributed by atoms with E-state index in [1.807, 2.05) is 91.0 Å². The molecule has 0 bridgehead atoms. The number of hydrogen-bond donors (Lipinski definition) is 1. The molecule has 172 valence electrons. The lowest BCUT2D eigenvalue weighted by Gasteiger charge is -2.06. The minimum atomic E-state index is -0.499. The molecular formula is C29H23N3O2S. The van der Waals surface area contributed by atoms with E-state index in [1.54, 1.807) is 24.3 Å². The van der Waals surface area contributed by atoms with Gasteiger partial charge in [-0.25, -0.2) is 0 Å². The van der Waals surface area contributed by atoms with E-state index in [9.17, 15) is 14.9 Å². The van der Waals surface area contributed by atoms with Crippen LogP contribution in [0, 0.1) is 11.3 Å². The number of nitrogens with one attached hydrogen (secondary N) is 1. The van der Waals surface area contributed by atoms with Crippen LogP contribution < -0.4 is 20.1 Å². The number of nitrogens with zero attached hydrogens (tertiary/aromatic N) is 2. The normalized spacial score (nSPS) is 12.4. The summed E-state index contributed by atoms with van der Waals surface area (Å²) in [5, 5.41) is 12.7. The first-order valence-electron chi connectivity index (χ1n) is 11.1. The van der Waals surface area contributed by atoms with E-state index in [0.29, 0.717) is 27.8 Å². The van der Waals surface area contributed by atoms with Crippen molar-refractivity contribution in [1.82, 2.24) is 9.88 Å². The highest BCUT2D eigenvalue weighted by Gasteiger charge is 2.16. The van der Waals surface area contributed by atoms with E-state index in [-0.39, 0.29) is 11.1 Å². The topological polar surface area (TPSA) is 74.9 Å². The molecule has 0 spiro atoms. The number of carbonyl (C=O) groups excluding carboxylic acids is 1. The number of amides is 1. The van der Waals surface area contributed by atoms with Crippen LogP contribution in [0.2, 0.25) is 0 Å². The van der Waals surface area contributed by atoms with E-state index < -0.39 is 5.91 Å². The van der Waals surface area contributed by atoms with Gasteiger partial charge in [0.15, 0.2) is 5.57 Å². The van der Waals surface area contributed by atoms with Crippen LogP contribution in [-0.2, 0) is 11.2 Å². The van der Waals surface area contributed by atoms with Gasteiger partial charge in [-0.05, 0) is 35.8 Å². The molecule has 1 heterocycles. The third kappa shape index (κ3) is 5.91. The molecule has 0 saturated carbocycles. The molecular weight excluding hydrogens is 454 g/mol. The molecule has 1 amide bonds. The fourth-order valence-corrected chi connectivity index (χ4v) is 4.59. The lowest BCUT2D eigenvalue weighted by atomic mass is 10.1. The van der Waals surface area contributed by atoms with Gasteiger partial charge in [-0.15, -0.1) is 11.3 Å². The largest absolute Gasteiger partial charge is 0.351 e. The summed E-state index contributed by atoms with van der Waals surface area (Å²) in [7, 11) is 0. The van der Waals surface area contributed by atoms with Gasteiger partial charge >= 0.3 is 0 Å². The summed E-state index contributed by atoms with van der Waals surface area (Å²) in [6.07, 6.45) is 6.06. The molecule has 6 heteroatoms. The Morgan fingerprint density at radius 2 is 1.57 bits per heavy atom. The molecule has 35 heavy (non-hydrogen) atoms. The fourth-order valence-electron chi connectivity index (χ4n) is 3.54. The van der Waals surface area contributed by atoms with Gasteiger partial charge in [0.05, 0.1) is 10.2 Å². The Morgan fingerprint density at radius 1 is 0.943 bits per heavy atom. The summed E-state index contributed by atoms with van der Waals surface area (Å²) < 4.78 is 2.17. The highest BCUT2D eigenvalue weighted by atomic mass is 32.1. The maximum atomic E-state index is 13.3. The van der Waals surface area contributed by atoms with Gasteiger partial charge in [0.2, 0.25) is 0 Å². The monoisotopic (exact) mass is 477 g/mol. The molecule has 0 radical (unpaired) electrons. The van der Waals surface area contributed by atoms with E-state index in [2.05, 4.69) is 5.32 Å². The zero-order chi connectivity index (χ0) is 24.5. The summed E-state index contributed by atoms with van der Waals surface area (Å²) in [6.45, 7) is 0.383. The van der Waals surface area contributed by atoms with Crippen LogP contribution in [0.25, 0.3) is 23.4 Å². The predicted octanol–water partition coefficient (Wildman–Crippen LogP) is 3.43. The van der Waals surface area contributed by atoms with Gasteiger partial charge in [-0.1, -0.05) is 91.0 Å². The number of hydrogen-bond acceptors (Lipinski definition) is 4. The zero-order valence-electron chi connectivity index (χ0n) is 18.9. The minimum Gasteiger partial charge on any atom is -0.351 e. The molecule has 5 nitrogen and oxygen atoms in total. The number of para-hydroxylation sites is 1. The Hall–Kier alpha value is -4.47. The number of aromatic nitrogens is 1. The highest BCUT2D eigenvalue weighted by Crippen LogP contribution is 2.04. The number of nitriles is 1. The Kier molecular flexibility index (Phi) is 7.84. The molecule has 0 fully saturated rings. The summed E-state index contributed by atoms with van der Waals surface area (Å²) >= 11 is 1.13. The van der Waals surface area contributed by atoms with Crippen molar-refractivity contribution >= 4 is 35.0 Å². The van der Waals surface area contributed by atoms with Crippen LogP contribution >= 0.6 is 11.3 Å². The van der Waals surface area contributed by atoms with Crippen molar-refractivity contribution in [1.29, 1.82) is 5.26 Å². The minimum absolute atomic E-state index is 0.0873. The fraction of sp³-hybridized carbons (Fsp3) is 0.0690. The molecule has 0 unspecified atom stereocenters. The Labute approximate surface area is 207 Å². The van der Waals surface area contributed by atoms with Gasteiger partial charge < -0.3 is 5.32 Å². The maximum Gasteiger partial charge on any atom is 0.273 e. The van der Waals surface area contributed by atoms with Crippen LogP contribution in [0.15, 0.2) is 102 Å². The molecule has 4 aromatic rings. The second kappa shape index (κ2) is 11.6. The van der Waals surface area contributed by atoms with Crippen molar-refractivity contribution in [2.24, 2.45) is 0 Å². The van der Waals surface area contributed by atoms with E-state index in [1.165, 1.54) is 4.57 Å². The van der Waals surface area contributed by atoms with Crippen molar-refractivity contribution in [3.8, 4) is 11.8 Å². The summed E-state index contributed by atoms with van der Waals surface area (Å²) in [5.41, 5.74) is 2.33. The molecule has 1 N–H and O–H groups in total. The van der Waals surface area contributed by atoms with Crippen LogP contribution in [0.1, 0.15) is 11.1 Å². The molecule has 1 aromatic heterocycles. The van der Waals surface area contributed by atoms with Gasteiger partial charge in [-0.2, -0.15) is 5.26 Å². The zero-order valence-corrected chi connectivity index (χ0v) is 19.7. The quantitative estimate of drug-likeness (QED) is 0.443. The first-order chi connectivity index (χ1) is 17.2. The summed E-state index contributed by atoms with van der Waals surface area (Å²) in [5.74, 6) is -0.499. The number of carbonyl (C=O) groups is 1. The summed E-state index contributed by atoms with van der Waals surface area (Å²) in [6, 6.07) is 30.6. The molecule has 3 aromatic carbocycles. The third-order valence-corrected chi connectivity index (χ3v) is 6.38. The van der Waals surface area contributed by atoms with Gasteiger partial charge in [0, 0.05) is 6.54 Å². The average molecular weight is 478 g/mol. The van der Waals surface area contributed by atoms with Gasteiger partial charge in [-0.3, -0.25) is 14.2 Å². The maximum absolute atomic E-state index is 13.3. The lowest BCUT2D eigenvalue weighted by molar-refractivity contribution is -0.115. The molecule has 4 rings (SSSR count).